The Morgan fingerprint density at radius 1 is 1.83 bits per heavy atom. The van der Waals surface area contributed by atoms with Crippen molar-refractivity contribution < 1.29 is 0 Å². The second-order valence-corrected chi connectivity index (χ2v) is 1.77. The standard InChI is InChI=1S/C3H2BBrN/c5-3-1-2-4-6-3/h1-2H. The van der Waals surface area contributed by atoms with Crippen LogP contribution in [-0.4, -0.2) is 12.0 Å². The van der Waals surface area contributed by atoms with Crippen LogP contribution in [0.3, 0.4) is 0 Å². The van der Waals surface area contributed by atoms with Gasteiger partial charge in [-0.25, -0.2) is 0 Å². The predicted molar refractivity (Wildman–Crippen MR) is 31.3 cm³/mol. The van der Waals surface area contributed by atoms with Crippen molar-refractivity contribution in [2.75, 3.05) is 0 Å². The van der Waals surface area contributed by atoms with E-state index in [9.17, 15) is 0 Å². The SMILES string of the molecule is BrC1=N[B]C=C1. The summed E-state index contributed by atoms with van der Waals surface area (Å²) in [5, 5.41) is 0. The molecule has 1 nitrogen and oxygen atoms in total. The van der Waals surface area contributed by atoms with E-state index in [1.807, 2.05) is 12.1 Å². The highest BCUT2D eigenvalue weighted by atomic mass is 79.9. The molecule has 0 aromatic carbocycles. The smallest absolute Gasteiger partial charge is 0.305 e. The molecule has 0 bridgehead atoms. The van der Waals surface area contributed by atoms with Crippen molar-refractivity contribution in [3.8, 4) is 0 Å². The first kappa shape index (κ1) is 4.12. The van der Waals surface area contributed by atoms with Gasteiger partial charge in [-0.1, -0.05) is 5.98 Å². The van der Waals surface area contributed by atoms with Crippen molar-refractivity contribution in [3.05, 3.63) is 12.1 Å². The number of halogens is 1. The van der Waals surface area contributed by atoms with Crippen molar-refractivity contribution in [1.82, 2.24) is 0 Å². The molecule has 1 heterocycles. The molecule has 0 aromatic rings. The Labute approximate surface area is 45.5 Å². The van der Waals surface area contributed by atoms with E-state index in [1.165, 1.54) is 0 Å². The van der Waals surface area contributed by atoms with E-state index >= 15 is 0 Å². The first-order chi connectivity index (χ1) is 2.89. The lowest BCUT2D eigenvalue weighted by Gasteiger charge is -1.70. The van der Waals surface area contributed by atoms with Gasteiger partial charge in [-0.15, -0.1) is 0 Å². The molecule has 0 aromatic heterocycles. The summed E-state index contributed by atoms with van der Waals surface area (Å²) in [6, 6.07) is 0. The highest BCUT2D eigenvalue weighted by molar-refractivity contribution is 9.18. The van der Waals surface area contributed by atoms with Crippen LogP contribution in [-0.2, 0) is 0 Å². The molecule has 0 atom stereocenters. The Morgan fingerprint density at radius 3 is 2.83 bits per heavy atom. The molecule has 0 aliphatic carbocycles. The fourth-order valence-electron chi connectivity index (χ4n) is 0.280. The molecule has 1 radical (unpaired) electrons. The van der Waals surface area contributed by atoms with Crippen LogP contribution >= 0.6 is 15.9 Å². The Kier molecular flexibility index (Phi) is 1.10. The average molecular weight is 143 g/mol. The van der Waals surface area contributed by atoms with E-state index in [4.69, 9.17) is 0 Å². The van der Waals surface area contributed by atoms with Crippen molar-refractivity contribution >= 4 is 28.0 Å². The zero-order chi connectivity index (χ0) is 4.41. The third-order valence-electron chi connectivity index (χ3n) is 0.518. The van der Waals surface area contributed by atoms with Crippen molar-refractivity contribution in [2.45, 2.75) is 0 Å². The Balaban J connectivity index is 2.68. The van der Waals surface area contributed by atoms with Crippen LogP contribution in [0.5, 0.6) is 0 Å². The van der Waals surface area contributed by atoms with Crippen LogP contribution < -0.4 is 0 Å². The number of hydrogen-bond acceptors (Lipinski definition) is 1. The third-order valence-corrected chi connectivity index (χ3v) is 0.987. The van der Waals surface area contributed by atoms with Crippen LogP contribution in [0.15, 0.2) is 17.0 Å². The number of allylic oxidation sites excluding steroid dienone is 1. The van der Waals surface area contributed by atoms with Crippen LogP contribution in [0.4, 0.5) is 0 Å². The largest absolute Gasteiger partial charge is 0.337 e. The van der Waals surface area contributed by atoms with Crippen LogP contribution in [0, 0.1) is 0 Å². The van der Waals surface area contributed by atoms with Crippen molar-refractivity contribution in [3.63, 3.8) is 0 Å². The second kappa shape index (κ2) is 1.60. The van der Waals surface area contributed by atoms with Crippen LogP contribution in [0.1, 0.15) is 0 Å². The molecule has 1 rings (SSSR count). The van der Waals surface area contributed by atoms with Gasteiger partial charge in [-0.2, -0.15) is 0 Å². The van der Waals surface area contributed by atoms with Crippen LogP contribution in [0.2, 0.25) is 0 Å². The Morgan fingerprint density at radius 2 is 2.67 bits per heavy atom. The topological polar surface area (TPSA) is 12.4 Å². The molecule has 0 fully saturated rings. The summed E-state index contributed by atoms with van der Waals surface area (Å²) in [5.74, 6) is 1.88. The maximum Gasteiger partial charge on any atom is 0.305 e. The molecule has 3 heteroatoms. The van der Waals surface area contributed by atoms with Gasteiger partial charge < -0.3 is 4.90 Å². The van der Waals surface area contributed by atoms with Gasteiger partial charge in [0.15, 0.2) is 0 Å². The number of nitrogens with zero attached hydrogens (tertiary/aromatic N) is 1. The zero-order valence-corrected chi connectivity index (χ0v) is 4.64. The summed E-state index contributed by atoms with van der Waals surface area (Å²) in [6.07, 6.45) is 1.89. The van der Waals surface area contributed by atoms with E-state index in [-0.39, 0.29) is 0 Å². The molecule has 0 N–H and O–H groups in total. The Hall–Kier alpha value is -0.0451. The molecular formula is C3H2BBrN. The summed E-state index contributed by atoms with van der Waals surface area (Å²) in [6.45, 7) is 0. The van der Waals surface area contributed by atoms with Gasteiger partial charge in [0.1, 0.15) is 0 Å². The molecule has 0 saturated carbocycles. The van der Waals surface area contributed by atoms with Gasteiger partial charge in [-0.05, 0) is 22.0 Å². The molecule has 6 heavy (non-hydrogen) atoms. The van der Waals surface area contributed by atoms with E-state index < -0.39 is 0 Å². The summed E-state index contributed by atoms with van der Waals surface area (Å²) < 4.78 is 0.905. The first-order valence-electron chi connectivity index (χ1n) is 1.63. The van der Waals surface area contributed by atoms with Gasteiger partial charge in [-0.3, -0.25) is 0 Å². The molecule has 0 saturated heterocycles. The lowest BCUT2D eigenvalue weighted by molar-refractivity contribution is 1.93. The fraction of sp³-hybridized carbons (Fsp3) is 0. The summed E-state index contributed by atoms with van der Waals surface area (Å²) >= 11 is 3.17. The first-order valence-corrected chi connectivity index (χ1v) is 2.42. The summed E-state index contributed by atoms with van der Waals surface area (Å²) in [5.41, 5.74) is 0. The molecule has 1 aliphatic heterocycles. The van der Waals surface area contributed by atoms with Crippen molar-refractivity contribution in [1.29, 1.82) is 0 Å². The minimum atomic E-state index is 0.905. The monoisotopic (exact) mass is 142 g/mol. The average Bonchev–Trinajstić information content (AvgIpc) is 1.86. The molecular weight excluding hydrogens is 141 g/mol. The van der Waals surface area contributed by atoms with E-state index in [2.05, 4.69) is 20.8 Å². The van der Waals surface area contributed by atoms with Crippen LogP contribution in [0.25, 0.3) is 0 Å². The number of rotatable bonds is 0. The third kappa shape index (κ3) is 0.714. The van der Waals surface area contributed by atoms with E-state index in [1.54, 1.807) is 7.41 Å². The zero-order valence-electron chi connectivity index (χ0n) is 3.06. The second-order valence-electron chi connectivity index (χ2n) is 0.960. The minimum Gasteiger partial charge on any atom is -0.337 e. The number of hydrogen-bond donors (Lipinski definition) is 0. The normalized spacial score (nSPS) is 17.2. The fourth-order valence-corrected chi connectivity index (χ4v) is 0.551. The molecule has 0 spiro atoms. The van der Waals surface area contributed by atoms with E-state index in [0.29, 0.717) is 0 Å². The molecule has 1 aliphatic rings. The maximum atomic E-state index is 3.83. The predicted octanol–water partition coefficient (Wildman–Crippen LogP) is 0.926. The maximum absolute atomic E-state index is 3.83. The van der Waals surface area contributed by atoms with Gasteiger partial charge >= 0.3 is 7.41 Å². The van der Waals surface area contributed by atoms with Gasteiger partial charge in [0, 0.05) is 0 Å². The van der Waals surface area contributed by atoms with Gasteiger partial charge in [0.25, 0.3) is 0 Å². The highest BCUT2D eigenvalue weighted by Crippen LogP contribution is 1.96. The summed E-state index contributed by atoms with van der Waals surface area (Å²) in [4.78, 5) is 3.83. The van der Waals surface area contributed by atoms with Crippen molar-refractivity contribution in [2.24, 2.45) is 4.90 Å². The van der Waals surface area contributed by atoms with Gasteiger partial charge in [0.05, 0.1) is 4.62 Å². The quantitative estimate of drug-likeness (QED) is 0.447. The van der Waals surface area contributed by atoms with Gasteiger partial charge in [0.2, 0.25) is 0 Å². The molecule has 0 amide bonds. The Bertz CT molecular complexity index is 105. The minimum absolute atomic E-state index is 0.905. The van der Waals surface area contributed by atoms with E-state index in [0.717, 1.165) is 4.62 Å². The molecule has 29 valence electrons. The molecule has 0 unspecified atom stereocenters. The lowest BCUT2D eigenvalue weighted by atomic mass is 10.00. The summed E-state index contributed by atoms with van der Waals surface area (Å²) in [7, 11) is 1.74. The highest BCUT2D eigenvalue weighted by Gasteiger charge is 1.90. The lowest BCUT2D eigenvalue weighted by Crippen LogP contribution is -1.69.